The lowest BCUT2D eigenvalue weighted by Gasteiger charge is -2.01. The number of allylic oxidation sites excluding steroid dienone is 1. The van der Waals surface area contributed by atoms with Gasteiger partial charge in [0.25, 0.3) is 0 Å². The Morgan fingerprint density at radius 3 is 2.71 bits per heavy atom. The molecule has 0 radical (unpaired) electrons. The molecule has 0 aromatic heterocycles. The van der Waals surface area contributed by atoms with Gasteiger partial charge in [-0.3, -0.25) is 0 Å². The molecule has 0 aromatic carbocycles. The predicted molar refractivity (Wildman–Crippen MR) is 64.7 cm³/mol. The van der Waals surface area contributed by atoms with E-state index in [2.05, 4.69) is 14.8 Å². The lowest BCUT2D eigenvalue weighted by atomic mass is 10.3. The molecule has 1 amide bonds. The van der Waals surface area contributed by atoms with E-state index in [9.17, 15) is 4.79 Å². The third kappa shape index (κ3) is 6.92. The van der Waals surface area contributed by atoms with E-state index in [1.165, 1.54) is 13.4 Å². The number of hydrazone groups is 1. The Morgan fingerprint density at radius 1 is 1.59 bits per heavy atom. The Morgan fingerprint density at radius 2 is 2.24 bits per heavy atom. The van der Waals surface area contributed by atoms with Crippen LogP contribution in [-0.4, -0.2) is 44.8 Å². The summed E-state index contributed by atoms with van der Waals surface area (Å²) in [6.07, 6.45) is 1.76. The van der Waals surface area contributed by atoms with Gasteiger partial charge in [0.15, 0.2) is 0 Å². The van der Waals surface area contributed by atoms with Crippen molar-refractivity contribution < 1.29 is 9.53 Å². The first kappa shape index (κ1) is 14.9. The molecule has 7 nitrogen and oxygen atoms in total. The molecule has 0 aromatic rings. The van der Waals surface area contributed by atoms with Crippen LogP contribution >= 0.6 is 11.6 Å². The van der Waals surface area contributed by atoms with Crippen molar-refractivity contribution in [1.82, 2.24) is 10.3 Å². The van der Waals surface area contributed by atoms with E-state index in [0.717, 1.165) is 6.21 Å². The molecule has 0 atom stereocenters. The van der Waals surface area contributed by atoms with Crippen LogP contribution in [0.4, 0.5) is 4.79 Å². The Bertz CT molecular complexity index is 395. The van der Waals surface area contributed by atoms with E-state index in [1.54, 1.807) is 25.1 Å². The van der Waals surface area contributed by atoms with Crippen LogP contribution in [0.15, 0.2) is 20.8 Å². The maximum Gasteiger partial charge on any atom is 0.427 e. The molecule has 0 rings (SSSR count). The van der Waals surface area contributed by atoms with Gasteiger partial charge in [0.1, 0.15) is 16.8 Å². The maximum absolute atomic E-state index is 10.7. The number of ether oxygens (including phenoxy) is 1. The monoisotopic (exact) mass is 257 g/mol. The minimum absolute atomic E-state index is 0.0150. The molecule has 0 aliphatic heterocycles. The maximum atomic E-state index is 10.7. The quantitative estimate of drug-likeness (QED) is 0.266. The highest BCUT2D eigenvalue weighted by atomic mass is 35.5. The number of carbonyl (C=O) groups excluding carboxylic acids is 1. The van der Waals surface area contributed by atoms with Crippen LogP contribution in [-0.2, 0) is 4.74 Å². The van der Waals surface area contributed by atoms with Crippen molar-refractivity contribution in [3.05, 3.63) is 10.7 Å². The van der Waals surface area contributed by atoms with Crippen LogP contribution in [0.1, 0.15) is 0 Å². The standard InChI is InChI=1S/C9H12ClN5O2/c1-15(2)6-12-8(10)7(4-11)5-13-14-9(16)17-3/h5-6H,1-3H3,(H,14,16). The van der Waals surface area contributed by atoms with Gasteiger partial charge < -0.3 is 9.64 Å². The third-order valence-electron chi connectivity index (χ3n) is 1.28. The van der Waals surface area contributed by atoms with Crippen molar-refractivity contribution in [2.45, 2.75) is 0 Å². The fraction of sp³-hybridized carbons (Fsp3) is 0.333. The van der Waals surface area contributed by atoms with Gasteiger partial charge in [-0.25, -0.2) is 15.2 Å². The molecule has 0 spiro atoms. The highest BCUT2D eigenvalue weighted by molar-refractivity contribution is 6.31. The summed E-state index contributed by atoms with van der Waals surface area (Å²) in [5.74, 6) is 0. The van der Waals surface area contributed by atoms with E-state index >= 15 is 0 Å². The molecule has 0 saturated heterocycles. The first-order chi connectivity index (χ1) is 8.01. The van der Waals surface area contributed by atoms with Crippen molar-refractivity contribution >= 4 is 30.2 Å². The SMILES string of the molecule is COC(=O)NN=CC(C#N)=C(Cl)N=CN(C)C. The second kappa shape index (κ2) is 8.13. The average Bonchev–Trinajstić information content (AvgIpc) is 2.31. The first-order valence-electron chi connectivity index (χ1n) is 4.38. The fourth-order valence-electron chi connectivity index (χ4n) is 0.559. The Labute approximate surface area is 104 Å². The molecule has 17 heavy (non-hydrogen) atoms. The number of aliphatic imine (C=N–C) groups is 1. The number of nitrogens with zero attached hydrogens (tertiary/aromatic N) is 4. The summed E-state index contributed by atoms with van der Waals surface area (Å²) < 4.78 is 4.27. The highest BCUT2D eigenvalue weighted by Crippen LogP contribution is 2.08. The highest BCUT2D eigenvalue weighted by Gasteiger charge is 2.00. The summed E-state index contributed by atoms with van der Waals surface area (Å²) in [5.41, 5.74) is 2.03. The molecule has 0 aliphatic carbocycles. The third-order valence-corrected chi connectivity index (χ3v) is 1.58. The van der Waals surface area contributed by atoms with Crippen molar-refractivity contribution in [1.29, 1.82) is 5.26 Å². The summed E-state index contributed by atoms with van der Waals surface area (Å²) in [6, 6.07) is 1.79. The van der Waals surface area contributed by atoms with Gasteiger partial charge in [0.2, 0.25) is 0 Å². The molecule has 1 N–H and O–H groups in total. The van der Waals surface area contributed by atoms with Crippen LogP contribution in [0.5, 0.6) is 0 Å². The minimum Gasteiger partial charge on any atom is -0.452 e. The molecule has 0 heterocycles. The van der Waals surface area contributed by atoms with E-state index in [-0.39, 0.29) is 10.7 Å². The molecule has 0 saturated carbocycles. The normalized spacial score (nSPS) is 12.2. The zero-order valence-corrected chi connectivity index (χ0v) is 10.4. The zero-order valence-electron chi connectivity index (χ0n) is 9.64. The number of hydrogen-bond donors (Lipinski definition) is 1. The fourth-order valence-corrected chi connectivity index (χ4v) is 0.694. The number of nitrogens with one attached hydrogen (secondary N) is 1. The minimum atomic E-state index is -0.744. The predicted octanol–water partition coefficient (Wildman–Crippen LogP) is 0.892. The van der Waals surface area contributed by atoms with E-state index in [4.69, 9.17) is 16.9 Å². The summed E-state index contributed by atoms with van der Waals surface area (Å²) in [7, 11) is 4.71. The summed E-state index contributed by atoms with van der Waals surface area (Å²) in [5, 5.41) is 12.2. The summed E-state index contributed by atoms with van der Waals surface area (Å²) >= 11 is 5.74. The van der Waals surface area contributed by atoms with Crippen LogP contribution in [0.2, 0.25) is 0 Å². The van der Waals surface area contributed by atoms with Crippen molar-refractivity contribution in [2.24, 2.45) is 10.1 Å². The van der Waals surface area contributed by atoms with E-state index < -0.39 is 6.09 Å². The molecule has 0 unspecified atom stereocenters. The molecule has 0 aliphatic rings. The first-order valence-corrected chi connectivity index (χ1v) is 4.76. The number of nitriles is 1. The lowest BCUT2D eigenvalue weighted by Crippen LogP contribution is -2.16. The van der Waals surface area contributed by atoms with Crippen LogP contribution < -0.4 is 5.43 Å². The second-order valence-electron chi connectivity index (χ2n) is 2.89. The van der Waals surface area contributed by atoms with E-state index in [0.29, 0.717) is 0 Å². The van der Waals surface area contributed by atoms with Crippen LogP contribution in [0, 0.1) is 11.3 Å². The summed E-state index contributed by atoms with van der Waals surface area (Å²) in [6.45, 7) is 0. The smallest absolute Gasteiger partial charge is 0.427 e. The van der Waals surface area contributed by atoms with Crippen LogP contribution in [0.25, 0.3) is 0 Å². The number of halogens is 1. The number of methoxy groups -OCH3 is 1. The molecule has 0 fully saturated rings. The van der Waals surface area contributed by atoms with Gasteiger partial charge in [0, 0.05) is 14.1 Å². The molecular weight excluding hydrogens is 246 g/mol. The Hall–Kier alpha value is -2.07. The lowest BCUT2D eigenvalue weighted by molar-refractivity contribution is 0.171. The second-order valence-corrected chi connectivity index (χ2v) is 3.24. The Kier molecular flexibility index (Phi) is 7.14. The van der Waals surface area contributed by atoms with Gasteiger partial charge in [-0.05, 0) is 0 Å². The number of rotatable bonds is 4. The van der Waals surface area contributed by atoms with Gasteiger partial charge in [-0.2, -0.15) is 10.4 Å². The number of amides is 1. The van der Waals surface area contributed by atoms with Crippen molar-refractivity contribution in [3.8, 4) is 6.07 Å². The topological polar surface area (TPSA) is 90.1 Å². The zero-order chi connectivity index (χ0) is 13.3. The molecule has 92 valence electrons. The van der Waals surface area contributed by atoms with Gasteiger partial charge in [-0.1, -0.05) is 11.6 Å². The number of carbonyl (C=O) groups is 1. The Balaban J connectivity index is 4.67. The average molecular weight is 258 g/mol. The molecular formula is C9H12ClN5O2. The van der Waals surface area contributed by atoms with Crippen molar-refractivity contribution in [2.75, 3.05) is 21.2 Å². The van der Waals surface area contributed by atoms with Gasteiger partial charge in [-0.15, -0.1) is 0 Å². The molecule has 8 heteroatoms. The van der Waals surface area contributed by atoms with Crippen molar-refractivity contribution in [3.63, 3.8) is 0 Å². The van der Waals surface area contributed by atoms with Crippen LogP contribution in [0.3, 0.4) is 0 Å². The molecule has 0 bridgehead atoms. The van der Waals surface area contributed by atoms with Gasteiger partial charge in [0.05, 0.1) is 19.7 Å². The summed E-state index contributed by atoms with van der Waals surface area (Å²) in [4.78, 5) is 16.1. The number of hydrogen-bond acceptors (Lipinski definition) is 5. The largest absolute Gasteiger partial charge is 0.452 e. The van der Waals surface area contributed by atoms with Gasteiger partial charge >= 0.3 is 6.09 Å². The van der Waals surface area contributed by atoms with E-state index in [1.807, 2.05) is 5.43 Å².